The van der Waals surface area contributed by atoms with Crippen molar-refractivity contribution in [2.45, 2.75) is 6.92 Å². The summed E-state index contributed by atoms with van der Waals surface area (Å²) < 4.78 is 0. The van der Waals surface area contributed by atoms with Gasteiger partial charge in [0.05, 0.1) is 0 Å². The van der Waals surface area contributed by atoms with E-state index in [1.807, 2.05) is 0 Å². The fraction of sp³-hybridized carbons (Fsp3) is 0.250. The van der Waals surface area contributed by atoms with E-state index in [0.717, 1.165) is 0 Å². The van der Waals surface area contributed by atoms with Crippen molar-refractivity contribution in [2.24, 2.45) is 5.11 Å². The van der Waals surface area contributed by atoms with E-state index in [1.54, 1.807) is 6.92 Å². The summed E-state index contributed by atoms with van der Waals surface area (Å²) in [5, 5.41) is 9.56. The van der Waals surface area contributed by atoms with Crippen LogP contribution in [0.4, 0.5) is 0 Å². The molecule has 0 bridgehead atoms. The van der Waals surface area contributed by atoms with Gasteiger partial charge >= 0.3 is 0 Å². The summed E-state index contributed by atoms with van der Waals surface area (Å²) in [6.07, 6.45) is 0. The Morgan fingerprint density at radius 1 is 1.71 bits per heavy atom. The number of rotatable bonds is 1. The molecule has 0 fully saturated rings. The summed E-state index contributed by atoms with van der Waals surface area (Å²) in [5.74, 6) is -0.0556. The normalized spacial score (nSPS) is 7.57. The highest BCUT2D eigenvalue weighted by Gasteiger charge is 1.87. The van der Waals surface area contributed by atoms with Crippen LogP contribution in [-0.4, -0.2) is 5.84 Å². The predicted molar refractivity (Wildman–Crippen MR) is 27.7 cm³/mol. The average Bonchev–Trinajstić information content (AvgIpc) is 1.65. The van der Waals surface area contributed by atoms with Gasteiger partial charge in [-0.2, -0.15) is 0 Å². The largest absolute Gasteiger partial charge is 0.281 e. The highest BCUT2D eigenvalue weighted by molar-refractivity contribution is 5.94. The van der Waals surface area contributed by atoms with Crippen LogP contribution in [0.5, 0.6) is 0 Å². The fourth-order valence-corrected chi connectivity index (χ4v) is 0.0954. The van der Waals surface area contributed by atoms with Crippen molar-refractivity contribution < 1.29 is 0 Å². The monoisotopic (exact) mass is 97.1 g/mol. The molecule has 0 aromatic heterocycles. The molecule has 0 amide bonds. The third kappa shape index (κ3) is 1.81. The molecule has 7 heavy (non-hydrogen) atoms. The van der Waals surface area contributed by atoms with Crippen molar-refractivity contribution in [1.82, 2.24) is 0 Å². The van der Waals surface area contributed by atoms with E-state index in [1.165, 1.54) is 0 Å². The van der Waals surface area contributed by atoms with E-state index < -0.39 is 0 Å². The summed E-state index contributed by atoms with van der Waals surface area (Å²) in [6.45, 7) is 5.03. The second-order valence-corrected chi connectivity index (χ2v) is 1.24. The highest BCUT2D eigenvalue weighted by Crippen LogP contribution is 1.88. The maximum absolute atomic E-state index is 6.74. The van der Waals surface area contributed by atoms with Crippen LogP contribution in [0.2, 0.25) is 0 Å². The number of hydrogen-bond acceptors (Lipinski definition) is 2. The molecule has 0 aliphatic carbocycles. The van der Waals surface area contributed by atoms with Crippen LogP contribution in [0.25, 0.3) is 0 Å². The van der Waals surface area contributed by atoms with E-state index in [2.05, 4.69) is 11.7 Å². The van der Waals surface area contributed by atoms with Gasteiger partial charge < -0.3 is 0 Å². The number of amidine groups is 1. The van der Waals surface area contributed by atoms with Crippen LogP contribution in [0.3, 0.4) is 0 Å². The van der Waals surface area contributed by atoms with Gasteiger partial charge in [0.2, 0.25) is 0 Å². The van der Waals surface area contributed by atoms with Crippen molar-refractivity contribution in [1.29, 1.82) is 10.9 Å². The molecule has 3 heteroatoms. The topological polar surface area (TPSA) is 60.1 Å². The van der Waals surface area contributed by atoms with Crippen molar-refractivity contribution in [3.05, 3.63) is 12.2 Å². The molecule has 0 aliphatic rings. The second-order valence-electron chi connectivity index (χ2n) is 1.24. The number of nitrogens with zero attached hydrogens (tertiary/aromatic N) is 1. The van der Waals surface area contributed by atoms with E-state index in [0.29, 0.717) is 5.57 Å². The van der Waals surface area contributed by atoms with Gasteiger partial charge in [-0.3, -0.25) is 5.41 Å². The second kappa shape index (κ2) is 2.23. The lowest BCUT2D eigenvalue weighted by molar-refractivity contribution is 1.16. The molecule has 2 N–H and O–H groups in total. The molecule has 0 spiro atoms. The highest BCUT2D eigenvalue weighted by atomic mass is 15.0. The smallest absolute Gasteiger partial charge is 0.168 e. The standard InChI is InChI=1S/C4H7N3/c1-3(2)4(5)7-6/h5-6H,1H2,2H3. The van der Waals surface area contributed by atoms with Gasteiger partial charge in [0.25, 0.3) is 0 Å². The zero-order valence-electron chi connectivity index (χ0n) is 4.15. The summed E-state index contributed by atoms with van der Waals surface area (Å²) >= 11 is 0. The van der Waals surface area contributed by atoms with Crippen molar-refractivity contribution >= 4 is 5.84 Å². The van der Waals surface area contributed by atoms with Crippen molar-refractivity contribution in [3.63, 3.8) is 0 Å². The lowest BCUT2D eigenvalue weighted by Crippen LogP contribution is -1.87. The first kappa shape index (κ1) is 6.01. The molecule has 0 saturated heterocycles. The quantitative estimate of drug-likeness (QED) is 0.283. The van der Waals surface area contributed by atoms with Crippen LogP contribution in [0, 0.1) is 10.9 Å². The van der Waals surface area contributed by atoms with Crippen LogP contribution in [0.1, 0.15) is 6.92 Å². The number of hydrogen-bond donors (Lipinski definition) is 2. The van der Waals surface area contributed by atoms with E-state index in [9.17, 15) is 0 Å². The average molecular weight is 97.1 g/mol. The Hall–Kier alpha value is -0.990. The van der Waals surface area contributed by atoms with E-state index >= 15 is 0 Å². The van der Waals surface area contributed by atoms with Gasteiger partial charge in [-0.25, -0.2) is 5.53 Å². The lowest BCUT2D eigenvalue weighted by atomic mass is 10.3. The van der Waals surface area contributed by atoms with Crippen molar-refractivity contribution in [2.75, 3.05) is 0 Å². The maximum Gasteiger partial charge on any atom is 0.168 e. The Bertz CT molecular complexity index is 114. The molecule has 0 rings (SSSR count). The first-order valence-electron chi connectivity index (χ1n) is 1.80. The first-order valence-corrected chi connectivity index (χ1v) is 1.80. The minimum Gasteiger partial charge on any atom is -0.281 e. The molecule has 38 valence electrons. The van der Waals surface area contributed by atoms with Crippen LogP contribution in [-0.2, 0) is 0 Å². The lowest BCUT2D eigenvalue weighted by Gasteiger charge is -1.85. The molecule has 0 unspecified atom stereocenters. The Balaban J connectivity index is 3.81. The molecule has 0 heterocycles. The Morgan fingerprint density at radius 2 is 2.14 bits per heavy atom. The fourth-order valence-electron chi connectivity index (χ4n) is 0.0954. The zero-order valence-corrected chi connectivity index (χ0v) is 4.15. The minimum absolute atomic E-state index is 0.0556. The third-order valence-electron chi connectivity index (χ3n) is 0.516. The molecule has 0 atom stereocenters. The summed E-state index contributed by atoms with van der Waals surface area (Å²) in [6, 6.07) is 0. The summed E-state index contributed by atoms with van der Waals surface area (Å²) in [7, 11) is 0. The maximum atomic E-state index is 6.74. The first-order chi connectivity index (χ1) is 3.18. The van der Waals surface area contributed by atoms with Crippen LogP contribution in [0.15, 0.2) is 17.3 Å². The predicted octanol–water partition coefficient (Wildman–Crippen LogP) is 1.57. The Kier molecular flexibility index (Phi) is 1.91. The molecular formula is C4H7N3. The van der Waals surface area contributed by atoms with Gasteiger partial charge in [0.15, 0.2) is 5.84 Å². The zero-order chi connectivity index (χ0) is 5.86. The minimum atomic E-state index is -0.0556. The summed E-state index contributed by atoms with van der Waals surface area (Å²) in [4.78, 5) is 0. The molecule has 0 aliphatic heterocycles. The van der Waals surface area contributed by atoms with Gasteiger partial charge in [0.1, 0.15) is 0 Å². The van der Waals surface area contributed by atoms with Crippen LogP contribution < -0.4 is 0 Å². The van der Waals surface area contributed by atoms with Gasteiger partial charge in [-0.15, -0.1) is 5.11 Å². The Labute approximate surface area is 42.1 Å². The van der Waals surface area contributed by atoms with Gasteiger partial charge in [-0.05, 0) is 12.5 Å². The van der Waals surface area contributed by atoms with E-state index in [4.69, 9.17) is 10.9 Å². The molecule has 0 radical (unpaired) electrons. The molecular weight excluding hydrogens is 90.1 g/mol. The molecule has 3 nitrogen and oxygen atoms in total. The van der Waals surface area contributed by atoms with Crippen LogP contribution >= 0.6 is 0 Å². The molecule has 0 saturated carbocycles. The third-order valence-corrected chi connectivity index (χ3v) is 0.516. The number of nitrogens with one attached hydrogen (secondary N) is 2. The molecule has 0 aromatic rings. The van der Waals surface area contributed by atoms with E-state index in [-0.39, 0.29) is 5.84 Å². The van der Waals surface area contributed by atoms with Gasteiger partial charge in [0, 0.05) is 0 Å². The molecule has 0 aromatic carbocycles. The SMILES string of the molecule is C=C(C)C(=N)N=N. The van der Waals surface area contributed by atoms with Crippen molar-refractivity contribution in [3.8, 4) is 0 Å². The summed E-state index contributed by atoms with van der Waals surface area (Å²) in [5.41, 5.74) is 6.80. The van der Waals surface area contributed by atoms with Gasteiger partial charge in [-0.1, -0.05) is 6.58 Å². The Morgan fingerprint density at radius 3 is 2.14 bits per heavy atom.